The van der Waals surface area contributed by atoms with Gasteiger partial charge in [0, 0.05) is 11.6 Å². The van der Waals surface area contributed by atoms with Crippen LogP contribution < -0.4 is 15.1 Å². The number of ketones is 2. The molecule has 3 aromatic rings. The molecule has 4 atom stereocenters. The first-order chi connectivity index (χ1) is 17.9. The van der Waals surface area contributed by atoms with Gasteiger partial charge in [-0.05, 0) is 24.4 Å². The molecule has 0 saturated carbocycles. The van der Waals surface area contributed by atoms with Gasteiger partial charge >= 0.3 is 11.4 Å². The monoisotopic (exact) mass is 526 g/mol. The summed E-state index contributed by atoms with van der Waals surface area (Å²) in [4.78, 5) is 37.9. The van der Waals surface area contributed by atoms with Crippen molar-refractivity contribution >= 4 is 22.3 Å². The second-order valence-electron chi connectivity index (χ2n) is 9.07. The van der Waals surface area contributed by atoms with Gasteiger partial charge in [0.1, 0.15) is 23.0 Å². The molecule has 1 spiro atoms. The predicted octanol–water partition coefficient (Wildman–Crippen LogP) is 0.737. The number of phenols is 3. The summed E-state index contributed by atoms with van der Waals surface area (Å²) in [7, 11) is 1.12. The number of hydrogen-bond acceptors (Lipinski definition) is 13. The zero-order valence-corrected chi connectivity index (χ0v) is 19.5. The minimum Gasteiger partial charge on any atom is -0.507 e. The van der Waals surface area contributed by atoms with Crippen molar-refractivity contribution < 1.29 is 58.9 Å². The number of methoxy groups -OCH3 is 1. The topological polar surface area (TPSA) is 213 Å². The number of ether oxygens (including phenoxy) is 3. The Balaban J connectivity index is 1.56. The first-order valence-corrected chi connectivity index (χ1v) is 11.1. The lowest BCUT2D eigenvalue weighted by molar-refractivity contribution is -0.260. The van der Waals surface area contributed by atoms with Crippen LogP contribution >= 0.6 is 0 Å². The van der Waals surface area contributed by atoms with E-state index in [0.29, 0.717) is 0 Å². The van der Waals surface area contributed by atoms with Crippen molar-refractivity contribution in [2.24, 2.45) is 0 Å². The number of Topliss-reactive ketones (excluding diaryl/α,β-unsaturated/α-hetero) is 1. The van der Waals surface area contributed by atoms with Gasteiger partial charge in [-0.25, -0.2) is 4.79 Å². The number of aromatic hydroxyl groups is 3. The quantitative estimate of drug-likeness (QED) is 0.242. The number of rotatable bonds is 1. The van der Waals surface area contributed by atoms with Gasteiger partial charge in [0.25, 0.3) is 0 Å². The van der Waals surface area contributed by atoms with E-state index in [1.807, 2.05) is 0 Å². The lowest BCUT2D eigenvalue weighted by Gasteiger charge is -2.42. The first-order valence-electron chi connectivity index (χ1n) is 11.1. The third-order valence-electron chi connectivity index (χ3n) is 6.96. The van der Waals surface area contributed by atoms with Gasteiger partial charge in [0.15, 0.2) is 46.7 Å². The Morgan fingerprint density at radius 3 is 2.29 bits per heavy atom. The van der Waals surface area contributed by atoms with Crippen LogP contribution in [0.25, 0.3) is 10.8 Å². The molecule has 2 aliphatic heterocycles. The van der Waals surface area contributed by atoms with Crippen molar-refractivity contribution in [1.82, 2.24) is 0 Å². The summed E-state index contributed by atoms with van der Waals surface area (Å²) in [6.45, 7) is 1.49. The fraction of sp³-hybridized carbons (Fsp3) is 0.240. The van der Waals surface area contributed by atoms with Crippen molar-refractivity contribution in [1.29, 1.82) is 0 Å². The molecule has 0 amide bonds. The molecular weight excluding hydrogens is 508 g/mol. The minimum absolute atomic E-state index is 0.165. The number of hydrogen-bond donors (Lipinski definition) is 6. The highest BCUT2D eigenvalue weighted by Crippen LogP contribution is 2.60. The van der Waals surface area contributed by atoms with E-state index in [1.165, 1.54) is 19.1 Å². The summed E-state index contributed by atoms with van der Waals surface area (Å²) >= 11 is 0. The Morgan fingerprint density at radius 2 is 1.61 bits per heavy atom. The molecule has 3 heterocycles. The van der Waals surface area contributed by atoms with Crippen LogP contribution in [0.2, 0.25) is 0 Å². The Bertz CT molecular complexity index is 1720. The molecule has 0 radical (unpaired) electrons. The van der Waals surface area contributed by atoms with Crippen LogP contribution in [0.15, 0.2) is 33.2 Å². The molecular formula is C25H18O13. The van der Waals surface area contributed by atoms with Crippen molar-refractivity contribution in [2.75, 3.05) is 7.11 Å². The number of aliphatic hydroxyl groups excluding tert-OH is 3. The van der Waals surface area contributed by atoms with Crippen LogP contribution in [0, 0.1) is 6.92 Å². The number of carbonyl (C=O) groups is 2. The Hall–Kier alpha value is -4.59. The molecule has 0 unspecified atom stereocenters. The highest BCUT2D eigenvalue weighted by atomic mass is 16.7. The molecule has 3 aliphatic rings. The molecule has 13 heteroatoms. The number of benzene rings is 2. The maximum atomic E-state index is 12.8. The summed E-state index contributed by atoms with van der Waals surface area (Å²) in [5, 5.41) is 65.9. The van der Waals surface area contributed by atoms with Crippen molar-refractivity contribution in [3.05, 3.63) is 62.4 Å². The van der Waals surface area contributed by atoms with E-state index in [-0.39, 0.29) is 22.1 Å². The highest BCUT2D eigenvalue weighted by Gasteiger charge is 2.64. The van der Waals surface area contributed by atoms with E-state index in [1.54, 1.807) is 0 Å². The summed E-state index contributed by atoms with van der Waals surface area (Å²) in [5.74, 6) is -8.84. The molecule has 0 fully saturated rings. The number of phenolic OH excluding ortho intramolecular Hbond substituents is 3. The number of carbonyl (C=O) groups excluding carboxylic acids is 2. The van der Waals surface area contributed by atoms with Gasteiger partial charge in [-0.15, -0.1) is 0 Å². The lowest BCUT2D eigenvalue weighted by Crippen LogP contribution is -2.58. The Labute approximate surface area is 211 Å². The summed E-state index contributed by atoms with van der Waals surface area (Å²) in [6, 6.07) is 2.68. The smallest absolute Gasteiger partial charge is 0.347 e. The molecule has 2 aromatic carbocycles. The Kier molecular flexibility index (Phi) is 4.68. The van der Waals surface area contributed by atoms with Crippen LogP contribution in [0.4, 0.5) is 0 Å². The van der Waals surface area contributed by atoms with Gasteiger partial charge in [-0.1, -0.05) is 0 Å². The molecule has 196 valence electrons. The van der Waals surface area contributed by atoms with E-state index >= 15 is 0 Å². The molecule has 0 bridgehead atoms. The molecule has 6 rings (SSSR count). The highest BCUT2D eigenvalue weighted by molar-refractivity contribution is 6.26. The van der Waals surface area contributed by atoms with E-state index < -0.39 is 92.5 Å². The van der Waals surface area contributed by atoms with Crippen LogP contribution in [-0.2, 0) is 4.74 Å². The number of allylic oxidation sites excluding steroid dienone is 2. The van der Waals surface area contributed by atoms with E-state index in [2.05, 4.69) is 0 Å². The number of aryl methyl sites for hydroxylation is 1. The predicted molar refractivity (Wildman–Crippen MR) is 122 cm³/mol. The summed E-state index contributed by atoms with van der Waals surface area (Å²) < 4.78 is 21.2. The normalized spacial score (nSPS) is 25.4. The van der Waals surface area contributed by atoms with Crippen molar-refractivity contribution in [2.45, 2.75) is 31.0 Å². The minimum atomic E-state index is -2.71. The third-order valence-corrected chi connectivity index (χ3v) is 6.96. The van der Waals surface area contributed by atoms with Gasteiger partial charge in [-0.3, -0.25) is 9.59 Å². The second-order valence-corrected chi connectivity index (χ2v) is 9.07. The first kappa shape index (κ1) is 23.8. The lowest BCUT2D eigenvalue weighted by atomic mass is 9.85. The van der Waals surface area contributed by atoms with Gasteiger partial charge in [0.2, 0.25) is 5.78 Å². The Morgan fingerprint density at radius 1 is 0.921 bits per heavy atom. The van der Waals surface area contributed by atoms with E-state index in [4.69, 9.17) is 18.6 Å². The van der Waals surface area contributed by atoms with Gasteiger partial charge in [0.05, 0.1) is 23.8 Å². The average Bonchev–Trinajstić information content (AvgIpc) is 3.16. The van der Waals surface area contributed by atoms with Crippen LogP contribution in [-0.4, -0.2) is 61.2 Å². The van der Waals surface area contributed by atoms with Crippen LogP contribution in [0.5, 0.6) is 28.7 Å². The molecule has 1 aromatic heterocycles. The van der Waals surface area contributed by atoms with Crippen molar-refractivity contribution in [3.8, 4) is 28.7 Å². The summed E-state index contributed by atoms with van der Waals surface area (Å²) in [5.41, 5.74) is -3.06. The fourth-order valence-corrected chi connectivity index (χ4v) is 5.19. The van der Waals surface area contributed by atoms with E-state index in [0.717, 1.165) is 13.2 Å². The van der Waals surface area contributed by atoms with E-state index in [9.17, 15) is 45.0 Å². The molecule has 6 N–H and O–H groups in total. The number of fused-ring (bicyclic) bond motifs is 4. The average molecular weight is 526 g/mol. The van der Waals surface area contributed by atoms with Crippen LogP contribution in [0.3, 0.4) is 0 Å². The molecule has 0 saturated heterocycles. The third kappa shape index (κ3) is 2.72. The molecule has 38 heavy (non-hydrogen) atoms. The largest absolute Gasteiger partial charge is 0.507 e. The zero-order chi connectivity index (χ0) is 27.4. The zero-order valence-electron chi connectivity index (χ0n) is 19.5. The number of aliphatic hydroxyl groups is 3. The maximum Gasteiger partial charge on any atom is 0.347 e. The fourth-order valence-electron chi connectivity index (χ4n) is 5.19. The maximum absolute atomic E-state index is 12.8. The molecule has 13 nitrogen and oxygen atoms in total. The SMILES string of the molecule is COC1=CC(=O)c2c(O)c3c(c(O)c2C1=O)O[C@]1(Oc2c(cc4cc(C)oc(=O)c4c2O)[C@@H](O)[C@@H]1O)[C@@H]3O. The van der Waals surface area contributed by atoms with Crippen molar-refractivity contribution in [3.63, 3.8) is 0 Å². The van der Waals surface area contributed by atoms with Gasteiger partial charge in [-0.2, -0.15) is 0 Å². The van der Waals surface area contributed by atoms with Crippen LogP contribution in [0.1, 0.15) is 49.8 Å². The molecule has 1 aliphatic carbocycles. The standard InChI is InChI=1S/C25H18O13/c1-6-3-7-4-8-15(27)23(33)25(37-20(8)18(30)11(7)24(34)36-6)22(32)14-17(29)12-9(26)5-10(35-2)16(28)13(12)19(31)21(14)38-25/h3-5,15,22-23,27,29-33H,1-2H3/t15-,22-,23+,25-/m1/s1. The van der Waals surface area contributed by atoms with Gasteiger partial charge < -0.3 is 49.3 Å². The summed E-state index contributed by atoms with van der Waals surface area (Å²) in [6.07, 6.45) is -5.41. The second kappa shape index (κ2) is 7.47.